The molecule has 10 rings (SSSR count). The first-order valence-corrected chi connectivity index (χ1v) is 23.2. The molecular formula is C53H56F2N6O8. The summed E-state index contributed by atoms with van der Waals surface area (Å²) in [5.74, 6) is 2.18. The van der Waals surface area contributed by atoms with E-state index in [1.54, 1.807) is 49.5 Å². The number of methoxy groups -OCH3 is 2. The van der Waals surface area contributed by atoms with Crippen LogP contribution >= 0.6 is 0 Å². The van der Waals surface area contributed by atoms with Gasteiger partial charge in [-0.05, 0) is 109 Å². The van der Waals surface area contributed by atoms with E-state index in [9.17, 15) is 4.79 Å². The summed E-state index contributed by atoms with van der Waals surface area (Å²) in [4.78, 5) is 31.3. The van der Waals surface area contributed by atoms with Gasteiger partial charge in [0, 0.05) is 49.2 Å². The second-order valence-electron chi connectivity index (χ2n) is 18.7. The van der Waals surface area contributed by atoms with E-state index in [0.29, 0.717) is 81.9 Å². The molecule has 0 bridgehead atoms. The van der Waals surface area contributed by atoms with E-state index in [4.69, 9.17) is 33.2 Å². The first kappa shape index (κ1) is 47.0. The van der Waals surface area contributed by atoms with E-state index in [0.717, 1.165) is 61.0 Å². The van der Waals surface area contributed by atoms with Gasteiger partial charge in [-0.3, -0.25) is 0 Å². The van der Waals surface area contributed by atoms with Gasteiger partial charge in [-0.2, -0.15) is 0 Å². The number of ether oxygens (including phenoxy) is 7. The fourth-order valence-electron chi connectivity index (χ4n) is 8.91. The summed E-state index contributed by atoms with van der Waals surface area (Å²) in [6.45, 7) is 12.5. The molecule has 16 heteroatoms. The second-order valence-corrected chi connectivity index (χ2v) is 18.7. The molecule has 0 radical (unpaired) electrons. The molecule has 4 heterocycles. The van der Waals surface area contributed by atoms with Crippen LogP contribution in [0.5, 0.6) is 46.3 Å². The van der Waals surface area contributed by atoms with Gasteiger partial charge in [0.15, 0.2) is 46.1 Å². The van der Waals surface area contributed by atoms with Crippen LogP contribution in [0.25, 0.3) is 34.0 Å². The van der Waals surface area contributed by atoms with Crippen LogP contribution in [0.1, 0.15) is 82.6 Å². The molecule has 14 nitrogen and oxygen atoms in total. The minimum atomic E-state index is -0.532. The predicted octanol–water partition coefficient (Wildman–Crippen LogP) is 11.0. The Morgan fingerprint density at radius 2 is 1.10 bits per heavy atom. The van der Waals surface area contributed by atoms with Crippen LogP contribution < -0.4 is 33.7 Å². The summed E-state index contributed by atoms with van der Waals surface area (Å²) in [6, 6.07) is 14.2. The quantitative estimate of drug-likeness (QED) is 0.139. The van der Waals surface area contributed by atoms with Gasteiger partial charge in [0.2, 0.25) is 11.8 Å². The zero-order chi connectivity index (χ0) is 48.4. The number of carbonyl (C=O) groups excluding carboxylic acids is 1. The number of rotatable bonds is 10. The number of hydrogen-bond acceptors (Lipinski definition) is 13. The van der Waals surface area contributed by atoms with Crippen LogP contribution in [-0.4, -0.2) is 89.1 Å². The maximum Gasteiger partial charge on any atom is 0.410 e. The van der Waals surface area contributed by atoms with Gasteiger partial charge in [-0.25, -0.2) is 33.5 Å². The van der Waals surface area contributed by atoms with Gasteiger partial charge < -0.3 is 43.4 Å². The molecule has 69 heavy (non-hydrogen) atoms. The maximum atomic E-state index is 15.2. The average molecular weight is 943 g/mol. The summed E-state index contributed by atoms with van der Waals surface area (Å²) < 4.78 is 71.2. The summed E-state index contributed by atoms with van der Waals surface area (Å²) >= 11 is 0. The predicted molar refractivity (Wildman–Crippen MR) is 258 cm³/mol. The molecule has 2 aliphatic carbocycles. The first-order chi connectivity index (χ1) is 33.2. The highest BCUT2D eigenvalue weighted by Gasteiger charge is 2.29. The van der Waals surface area contributed by atoms with Gasteiger partial charge >= 0.3 is 6.09 Å². The Morgan fingerprint density at radius 1 is 0.638 bits per heavy atom. The second kappa shape index (κ2) is 19.9. The van der Waals surface area contributed by atoms with Crippen LogP contribution in [0.4, 0.5) is 13.6 Å². The zero-order valence-corrected chi connectivity index (χ0v) is 39.9. The van der Waals surface area contributed by atoms with E-state index in [1.165, 1.54) is 12.7 Å². The number of amides is 1. The number of allylic oxidation sites excluding steroid dienone is 2. The number of nitrogens with one attached hydrogen (secondary N) is 1. The lowest BCUT2D eigenvalue weighted by Crippen LogP contribution is -2.44. The lowest BCUT2D eigenvalue weighted by atomic mass is 10.1. The van der Waals surface area contributed by atoms with E-state index in [1.807, 2.05) is 65.0 Å². The third kappa shape index (κ3) is 10.5. The minimum absolute atomic E-state index is 0.102. The summed E-state index contributed by atoms with van der Waals surface area (Å²) in [6.07, 6.45) is 10.9. The van der Waals surface area contributed by atoms with Crippen molar-refractivity contribution in [3.8, 4) is 46.3 Å². The average Bonchev–Trinajstić information content (AvgIpc) is 3.92. The number of hydrogen-bond donors (Lipinski definition) is 1. The molecule has 2 fully saturated rings. The Morgan fingerprint density at radius 3 is 1.55 bits per heavy atom. The molecule has 4 aliphatic rings. The van der Waals surface area contributed by atoms with E-state index in [2.05, 4.69) is 25.3 Å². The fraction of sp³-hybridized carbons (Fsp3) is 0.377. The number of aromatic nitrogens is 4. The highest BCUT2D eigenvalue weighted by molar-refractivity contribution is 5.88. The van der Waals surface area contributed by atoms with Gasteiger partial charge in [0.05, 0.1) is 36.0 Å². The normalized spacial score (nSPS) is 15.9. The van der Waals surface area contributed by atoms with Crippen molar-refractivity contribution in [1.29, 1.82) is 0 Å². The Kier molecular flexibility index (Phi) is 13.5. The Balaban J connectivity index is 0.000000175. The molecule has 1 amide bonds. The minimum Gasteiger partial charge on any atom is -0.493 e. The number of halogens is 2. The number of benzene rings is 4. The summed E-state index contributed by atoms with van der Waals surface area (Å²) in [5.41, 5.74) is 5.99. The summed E-state index contributed by atoms with van der Waals surface area (Å²) in [7, 11) is 3.15. The van der Waals surface area contributed by atoms with Crippen molar-refractivity contribution in [1.82, 2.24) is 30.2 Å². The van der Waals surface area contributed by atoms with E-state index >= 15 is 8.78 Å². The molecule has 4 aromatic carbocycles. The van der Waals surface area contributed by atoms with Gasteiger partial charge in [0.1, 0.15) is 30.5 Å². The first-order valence-electron chi connectivity index (χ1n) is 23.2. The van der Waals surface area contributed by atoms with Crippen molar-refractivity contribution in [3.63, 3.8) is 0 Å². The Bertz CT molecular complexity index is 2980. The van der Waals surface area contributed by atoms with Crippen LogP contribution in [-0.2, 0) is 17.6 Å². The largest absolute Gasteiger partial charge is 0.493 e. The van der Waals surface area contributed by atoms with E-state index < -0.39 is 11.4 Å². The third-order valence-corrected chi connectivity index (χ3v) is 12.3. The van der Waals surface area contributed by atoms with Crippen molar-refractivity contribution < 1.29 is 46.7 Å². The Labute approximate surface area is 399 Å². The molecule has 1 N–H and O–H groups in total. The van der Waals surface area contributed by atoms with Crippen LogP contribution in [0, 0.1) is 11.6 Å². The van der Waals surface area contributed by atoms with E-state index in [-0.39, 0.29) is 47.4 Å². The standard InChI is InChI=1S/C29H32FN3O5.C24H24FN3O3/c1-17-12-18-6-7-23(26(30)20(18)13-17)37-27-21-14-24(35-5)25(15-22(21)31-16-32-27)36-19-8-10-33(11-9-19)28(34)38-29(2,3)4;1-14-9-15-3-4-20(23(25)17(15)10-14)31-24-18-11-21(29-2)22(12-19(18)27-13-28-24)30-16-5-7-26-8-6-16/h6-7,13-16,19H,8-12H2,1-5H3;3-4,10-13,16,26H,5-9H2,1-2H3. The Hall–Kier alpha value is -7.07. The third-order valence-electron chi connectivity index (χ3n) is 12.3. The number of carbonyl (C=O) groups is 1. The molecule has 6 aromatic rings. The molecule has 360 valence electrons. The van der Waals surface area contributed by atoms with Crippen molar-refractivity contribution >= 4 is 40.1 Å². The maximum absolute atomic E-state index is 15.2. The number of likely N-dealkylation sites (tertiary alicyclic amines) is 1. The van der Waals surface area contributed by atoms with Gasteiger partial charge in [-0.1, -0.05) is 35.4 Å². The van der Waals surface area contributed by atoms with Crippen molar-refractivity contribution in [2.24, 2.45) is 0 Å². The van der Waals surface area contributed by atoms with Crippen LogP contribution in [0.3, 0.4) is 0 Å². The molecule has 0 saturated carbocycles. The zero-order valence-electron chi connectivity index (χ0n) is 39.9. The number of fused-ring (bicyclic) bond motifs is 4. The van der Waals surface area contributed by atoms with Crippen LogP contribution in [0.2, 0.25) is 0 Å². The number of piperidine rings is 2. The summed E-state index contributed by atoms with van der Waals surface area (Å²) in [5, 5.41) is 4.53. The molecule has 0 atom stereocenters. The number of nitrogens with zero attached hydrogens (tertiary/aromatic N) is 5. The topological polar surface area (TPSA) is 149 Å². The van der Waals surface area contributed by atoms with Gasteiger partial charge in [0.25, 0.3) is 0 Å². The van der Waals surface area contributed by atoms with Crippen molar-refractivity contribution in [3.05, 3.63) is 106 Å². The lowest BCUT2D eigenvalue weighted by Gasteiger charge is -2.33. The lowest BCUT2D eigenvalue weighted by molar-refractivity contribution is 0.0124. The molecule has 2 saturated heterocycles. The smallest absolute Gasteiger partial charge is 0.410 e. The molecule has 0 spiro atoms. The highest BCUT2D eigenvalue weighted by Crippen LogP contribution is 2.41. The SMILES string of the molecule is COc1cc2c(Oc3ccc4c(c3F)C=C(C)C4)ncnc2cc1OC1CCN(C(=O)OC(C)(C)C)CC1.COc1cc2c(Oc3ccc4c(c3F)C=C(C)C4)ncnc2cc1OC1CCNCC1. The van der Waals surface area contributed by atoms with Crippen LogP contribution in [0.15, 0.2) is 72.3 Å². The molecule has 2 aliphatic heterocycles. The fourth-order valence-corrected chi connectivity index (χ4v) is 8.91. The highest BCUT2D eigenvalue weighted by atomic mass is 19.1. The van der Waals surface area contributed by atoms with Crippen molar-refractivity contribution in [2.75, 3.05) is 40.4 Å². The monoisotopic (exact) mass is 942 g/mol. The van der Waals surface area contributed by atoms with Gasteiger partial charge in [-0.15, -0.1) is 0 Å². The molecule has 0 unspecified atom stereocenters. The molecular weight excluding hydrogens is 887 g/mol. The van der Waals surface area contributed by atoms with Crippen molar-refractivity contribution in [2.45, 2.75) is 91.0 Å². The molecule has 2 aromatic heterocycles.